The Kier molecular flexibility index (Phi) is 5.38. The van der Waals surface area contributed by atoms with Crippen molar-refractivity contribution in [3.05, 3.63) is 0 Å². The number of methoxy groups -OCH3 is 1. The summed E-state index contributed by atoms with van der Waals surface area (Å²) in [7, 11) is 1.64. The average molecular weight is 245 g/mol. The van der Waals surface area contributed by atoms with E-state index in [0.717, 1.165) is 26.1 Å². The van der Waals surface area contributed by atoms with E-state index in [2.05, 4.69) is 18.7 Å². The SMILES string of the molecule is COC(C)(C)C(O)CCN1CC(C)OC(C)C1. The molecule has 1 heterocycles. The van der Waals surface area contributed by atoms with Gasteiger partial charge < -0.3 is 14.6 Å². The largest absolute Gasteiger partial charge is 0.390 e. The molecule has 4 heteroatoms. The van der Waals surface area contributed by atoms with Gasteiger partial charge >= 0.3 is 0 Å². The van der Waals surface area contributed by atoms with Crippen LogP contribution in [-0.4, -0.2) is 60.7 Å². The summed E-state index contributed by atoms with van der Waals surface area (Å²) in [5, 5.41) is 10.1. The standard InChI is InChI=1S/C13H27NO3/c1-10-8-14(9-11(2)17-10)7-6-12(15)13(3,4)16-5/h10-12,15H,6-9H2,1-5H3. The van der Waals surface area contributed by atoms with E-state index in [1.165, 1.54) is 0 Å². The van der Waals surface area contributed by atoms with Gasteiger partial charge in [-0.25, -0.2) is 0 Å². The third-order valence-corrected chi connectivity index (χ3v) is 3.54. The third-order valence-electron chi connectivity index (χ3n) is 3.54. The first kappa shape index (κ1) is 14.9. The van der Waals surface area contributed by atoms with Crippen molar-refractivity contribution in [3.8, 4) is 0 Å². The smallest absolute Gasteiger partial charge is 0.0880 e. The first-order valence-corrected chi connectivity index (χ1v) is 6.46. The summed E-state index contributed by atoms with van der Waals surface area (Å²) >= 11 is 0. The predicted octanol–water partition coefficient (Wildman–Crippen LogP) is 1.27. The van der Waals surface area contributed by atoms with E-state index < -0.39 is 11.7 Å². The van der Waals surface area contributed by atoms with E-state index in [1.54, 1.807) is 7.11 Å². The molecule has 1 N–H and O–H groups in total. The van der Waals surface area contributed by atoms with E-state index in [0.29, 0.717) is 0 Å². The fraction of sp³-hybridized carbons (Fsp3) is 1.00. The second-order valence-corrected chi connectivity index (χ2v) is 5.63. The molecule has 1 saturated heterocycles. The maximum Gasteiger partial charge on any atom is 0.0880 e. The first-order valence-electron chi connectivity index (χ1n) is 6.46. The predicted molar refractivity (Wildman–Crippen MR) is 68.2 cm³/mol. The fourth-order valence-corrected chi connectivity index (χ4v) is 2.26. The highest BCUT2D eigenvalue weighted by atomic mass is 16.5. The van der Waals surface area contributed by atoms with E-state index in [9.17, 15) is 5.11 Å². The van der Waals surface area contributed by atoms with Crippen LogP contribution in [0.1, 0.15) is 34.1 Å². The zero-order valence-corrected chi connectivity index (χ0v) is 11.8. The Bertz CT molecular complexity index is 223. The second-order valence-electron chi connectivity index (χ2n) is 5.63. The summed E-state index contributed by atoms with van der Waals surface area (Å²) in [5.41, 5.74) is -0.469. The molecule has 0 aromatic heterocycles. The summed E-state index contributed by atoms with van der Waals surface area (Å²) in [4.78, 5) is 2.35. The van der Waals surface area contributed by atoms with E-state index in [1.807, 2.05) is 13.8 Å². The lowest BCUT2D eigenvalue weighted by Crippen LogP contribution is -2.47. The molecule has 3 atom stereocenters. The number of ether oxygens (including phenoxy) is 2. The molecular formula is C13H27NO3. The van der Waals surface area contributed by atoms with Gasteiger partial charge in [0.1, 0.15) is 0 Å². The molecule has 0 radical (unpaired) electrons. The Morgan fingerprint density at radius 1 is 1.35 bits per heavy atom. The molecule has 0 amide bonds. The number of rotatable bonds is 5. The molecule has 102 valence electrons. The van der Waals surface area contributed by atoms with E-state index >= 15 is 0 Å². The van der Waals surface area contributed by atoms with Crippen molar-refractivity contribution in [3.63, 3.8) is 0 Å². The minimum atomic E-state index is -0.469. The highest BCUT2D eigenvalue weighted by molar-refractivity contribution is 4.81. The molecule has 0 aromatic rings. The lowest BCUT2D eigenvalue weighted by atomic mass is 9.98. The first-order chi connectivity index (χ1) is 7.85. The van der Waals surface area contributed by atoms with E-state index in [-0.39, 0.29) is 12.2 Å². The van der Waals surface area contributed by atoms with Crippen LogP contribution in [0.4, 0.5) is 0 Å². The van der Waals surface area contributed by atoms with Gasteiger partial charge in [0.2, 0.25) is 0 Å². The Morgan fingerprint density at radius 2 is 1.88 bits per heavy atom. The number of hydrogen-bond donors (Lipinski definition) is 1. The molecule has 0 bridgehead atoms. The molecule has 1 aliphatic heterocycles. The molecule has 0 saturated carbocycles. The van der Waals surface area contributed by atoms with Crippen LogP contribution in [0.25, 0.3) is 0 Å². The molecule has 3 unspecified atom stereocenters. The maximum absolute atomic E-state index is 10.1. The molecule has 0 aliphatic carbocycles. The summed E-state index contributed by atoms with van der Waals surface area (Å²) < 4.78 is 11.0. The summed E-state index contributed by atoms with van der Waals surface area (Å²) in [6.07, 6.45) is 0.874. The van der Waals surface area contributed by atoms with Crippen molar-refractivity contribution in [2.24, 2.45) is 0 Å². The van der Waals surface area contributed by atoms with Crippen molar-refractivity contribution in [2.75, 3.05) is 26.7 Å². The number of morpholine rings is 1. The van der Waals surface area contributed by atoms with Gasteiger partial charge in [-0.15, -0.1) is 0 Å². The van der Waals surface area contributed by atoms with Crippen LogP contribution in [0.5, 0.6) is 0 Å². The highest BCUT2D eigenvalue weighted by Gasteiger charge is 2.29. The molecule has 1 rings (SSSR count). The zero-order valence-electron chi connectivity index (χ0n) is 11.8. The molecule has 17 heavy (non-hydrogen) atoms. The number of aliphatic hydroxyl groups is 1. The van der Waals surface area contributed by atoms with Crippen LogP contribution >= 0.6 is 0 Å². The average Bonchev–Trinajstić information content (AvgIpc) is 2.24. The van der Waals surface area contributed by atoms with Crippen LogP contribution in [0.2, 0.25) is 0 Å². The van der Waals surface area contributed by atoms with Gasteiger partial charge in [-0.1, -0.05) is 0 Å². The van der Waals surface area contributed by atoms with Crippen LogP contribution in [-0.2, 0) is 9.47 Å². The number of hydrogen-bond acceptors (Lipinski definition) is 4. The molecule has 0 aromatic carbocycles. The quantitative estimate of drug-likeness (QED) is 0.792. The molecule has 1 aliphatic rings. The third kappa shape index (κ3) is 4.54. The minimum Gasteiger partial charge on any atom is -0.390 e. The van der Waals surface area contributed by atoms with Gasteiger partial charge in [0.15, 0.2) is 0 Å². The van der Waals surface area contributed by atoms with Crippen LogP contribution in [0, 0.1) is 0 Å². The van der Waals surface area contributed by atoms with Gasteiger partial charge in [-0.3, -0.25) is 4.90 Å². The van der Waals surface area contributed by atoms with Gasteiger partial charge in [0.25, 0.3) is 0 Å². The summed E-state index contributed by atoms with van der Waals surface area (Å²) in [5.74, 6) is 0. The number of aliphatic hydroxyl groups excluding tert-OH is 1. The second kappa shape index (κ2) is 6.14. The van der Waals surface area contributed by atoms with Crippen molar-refractivity contribution in [1.82, 2.24) is 4.90 Å². The van der Waals surface area contributed by atoms with Crippen molar-refractivity contribution in [2.45, 2.75) is 58.0 Å². The fourth-order valence-electron chi connectivity index (χ4n) is 2.26. The molecule has 1 fully saturated rings. The Balaban J connectivity index is 2.35. The zero-order chi connectivity index (χ0) is 13.1. The van der Waals surface area contributed by atoms with E-state index in [4.69, 9.17) is 9.47 Å². The monoisotopic (exact) mass is 245 g/mol. The Morgan fingerprint density at radius 3 is 2.35 bits per heavy atom. The Hall–Kier alpha value is -0.160. The summed E-state index contributed by atoms with van der Waals surface area (Å²) in [6.45, 7) is 10.8. The van der Waals surface area contributed by atoms with Crippen molar-refractivity contribution in [1.29, 1.82) is 0 Å². The van der Waals surface area contributed by atoms with Crippen molar-refractivity contribution < 1.29 is 14.6 Å². The maximum atomic E-state index is 10.1. The van der Waals surface area contributed by atoms with Gasteiger partial charge in [-0.05, 0) is 34.1 Å². The van der Waals surface area contributed by atoms with Crippen LogP contribution in [0.15, 0.2) is 0 Å². The summed E-state index contributed by atoms with van der Waals surface area (Å²) in [6, 6.07) is 0. The number of nitrogens with zero attached hydrogens (tertiary/aromatic N) is 1. The highest BCUT2D eigenvalue weighted by Crippen LogP contribution is 2.18. The lowest BCUT2D eigenvalue weighted by Gasteiger charge is -2.37. The molecule has 0 spiro atoms. The van der Waals surface area contributed by atoms with Crippen LogP contribution < -0.4 is 0 Å². The molecular weight excluding hydrogens is 218 g/mol. The Labute approximate surface area is 105 Å². The normalized spacial score (nSPS) is 29.3. The minimum absolute atomic E-state index is 0.284. The van der Waals surface area contributed by atoms with Crippen LogP contribution in [0.3, 0.4) is 0 Å². The molecule has 4 nitrogen and oxygen atoms in total. The lowest BCUT2D eigenvalue weighted by molar-refractivity contribution is -0.0944. The topological polar surface area (TPSA) is 41.9 Å². The van der Waals surface area contributed by atoms with Gasteiger partial charge in [0.05, 0.1) is 23.9 Å². The van der Waals surface area contributed by atoms with Crippen molar-refractivity contribution >= 4 is 0 Å². The van der Waals surface area contributed by atoms with Gasteiger partial charge in [-0.2, -0.15) is 0 Å². The van der Waals surface area contributed by atoms with Gasteiger partial charge in [0, 0.05) is 26.7 Å².